The van der Waals surface area contributed by atoms with Crippen LogP contribution in [0.2, 0.25) is 0 Å². The van der Waals surface area contributed by atoms with Crippen LogP contribution in [0.25, 0.3) is 22.4 Å². The Labute approximate surface area is 131 Å². The van der Waals surface area contributed by atoms with Gasteiger partial charge >= 0.3 is 0 Å². The Hall–Kier alpha value is -2.22. The van der Waals surface area contributed by atoms with Crippen LogP contribution in [-0.4, -0.2) is 18.0 Å². The van der Waals surface area contributed by atoms with Crippen molar-refractivity contribution < 1.29 is 13.0 Å². The Morgan fingerprint density at radius 1 is 1.14 bits per heavy atom. The number of nitrogen functional groups attached to an aromatic ring is 1. The Bertz CT molecular complexity index is 942. The third-order valence-corrected chi connectivity index (χ3v) is 4.94. The third kappa shape index (κ3) is 3.01. The molecule has 1 aromatic heterocycles. The normalized spacial score (nSPS) is 12.2. The lowest BCUT2D eigenvalue weighted by Gasteiger charge is -2.03. The number of aromatic nitrogens is 1. The molecule has 0 radical (unpaired) electrons. The van der Waals surface area contributed by atoms with Gasteiger partial charge in [0.1, 0.15) is 9.90 Å². The van der Waals surface area contributed by atoms with E-state index in [1.807, 2.05) is 24.3 Å². The lowest BCUT2D eigenvalue weighted by Crippen LogP contribution is -2.02. The van der Waals surface area contributed by atoms with Gasteiger partial charge in [0, 0.05) is 5.69 Å². The maximum atomic E-state index is 11.4. The highest BCUT2D eigenvalue weighted by Crippen LogP contribution is 2.25. The van der Waals surface area contributed by atoms with Gasteiger partial charge in [-0.05, 0) is 35.9 Å². The van der Waals surface area contributed by atoms with E-state index in [0.29, 0.717) is 5.56 Å². The summed E-state index contributed by atoms with van der Waals surface area (Å²) in [5.41, 5.74) is 7.09. The second kappa shape index (κ2) is 5.53. The van der Waals surface area contributed by atoms with Crippen LogP contribution in [0.3, 0.4) is 0 Å². The fraction of sp³-hybridized carbons (Fsp3) is 0. The van der Waals surface area contributed by atoms with Crippen molar-refractivity contribution in [3.63, 3.8) is 0 Å². The third-order valence-electron chi connectivity index (χ3n) is 3.03. The van der Waals surface area contributed by atoms with Crippen LogP contribution >= 0.6 is 11.3 Å². The molecule has 0 aliphatic heterocycles. The number of anilines is 1. The Morgan fingerprint density at radius 3 is 2.64 bits per heavy atom. The van der Waals surface area contributed by atoms with E-state index in [4.69, 9.17) is 5.73 Å². The van der Waals surface area contributed by atoms with Gasteiger partial charge in [-0.3, -0.25) is 4.55 Å². The first-order chi connectivity index (χ1) is 10.4. The molecule has 0 saturated carbocycles. The van der Waals surface area contributed by atoms with Gasteiger partial charge in [0.05, 0.1) is 10.2 Å². The van der Waals surface area contributed by atoms with Gasteiger partial charge in [0.15, 0.2) is 0 Å². The maximum Gasteiger partial charge on any atom is 0.295 e. The van der Waals surface area contributed by atoms with E-state index in [-0.39, 0.29) is 10.6 Å². The molecule has 0 spiro atoms. The molecule has 3 N–H and O–H groups in total. The fourth-order valence-corrected chi connectivity index (χ4v) is 3.62. The molecule has 7 heteroatoms. The maximum absolute atomic E-state index is 11.4. The largest absolute Gasteiger partial charge is 0.399 e. The average Bonchev–Trinajstić information content (AvgIpc) is 2.87. The summed E-state index contributed by atoms with van der Waals surface area (Å²) in [5, 5.41) is 0.749. The summed E-state index contributed by atoms with van der Waals surface area (Å²) in [6.45, 7) is 0. The number of benzene rings is 2. The summed E-state index contributed by atoms with van der Waals surface area (Å²) < 4.78 is 33.1. The second-order valence-corrected chi connectivity index (χ2v) is 7.08. The minimum atomic E-state index is -4.33. The Kier molecular flexibility index (Phi) is 3.69. The van der Waals surface area contributed by atoms with Crippen molar-refractivity contribution in [3.05, 3.63) is 53.0 Å². The molecular formula is C15H12N2O3S2. The molecule has 2 aromatic carbocycles. The zero-order valence-corrected chi connectivity index (χ0v) is 12.9. The Balaban J connectivity index is 2.02. The summed E-state index contributed by atoms with van der Waals surface area (Å²) in [4.78, 5) is 4.21. The standard InChI is InChI=1S/C15H12N2O3S2/c16-11-7-5-10(14(9-11)22(18,19)20)6-8-15-17-12-3-1-2-4-13(12)21-15/h1-9H,16H2,(H,18,19,20)/b8-6+. The molecule has 0 bridgehead atoms. The molecule has 0 fully saturated rings. The lowest BCUT2D eigenvalue weighted by atomic mass is 10.2. The Morgan fingerprint density at radius 2 is 1.91 bits per heavy atom. The van der Waals surface area contributed by atoms with Crippen molar-refractivity contribution in [1.29, 1.82) is 0 Å². The van der Waals surface area contributed by atoms with Crippen LogP contribution in [0.5, 0.6) is 0 Å². The van der Waals surface area contributed by atoms with Gasteiger partial charge in [-0.2, -0.15) is 8.42 Å². The van der Waals surface area contributed by atoms with E-state index >= 15 is 0 Å². The van der Waals surface area contributed by atoms with Crippen molar-refractivity contribution in [1.82, 2.24) is 4.98 Å². The van der Waals surface area contributed by atoms with Gasteiger partial charge in [0.2, 0.25) is 0 Å². The van der Waals surface area contributed by atoms with E-state index in [9.17, 15) is 13.0 Å². The number of fused-ring (bicyclic) bond motifs is 1. The zero-order chi connectivity index (χ0) is 15.7. The monoisotopic (exact) mass is 332 g/mol. The van der Waals surface area contributed by atoms with Crippen molar-refractivity contribution in [2.24, 2.45) is 0 Å². The first-order valence-electron chi connectivity index (χ1n) is 6.34. The van der Waals surface area contributed by atoms with Gasteiger partial charge in [-0.15, -0.1) is 11.3 Å². The SMILES string of the molecule is Nc1ccc(/C=C/c2nc3ccccc3s2)c(S(=O)(=O)O)c1. The van der Waals surface area contributed by atoms with Crippen LogP contribution in [0.15, 0.2) is 47.4 Å². The summed E-state index contributed by atoms with van der Waals surface area (Å²) in [6.07, 6.45) is 3.31. The molecule has 5 nitrogen and oxygen atoms in total. The number of hydrogen-bond donors (Lipinski definition) is 2. The highest BCUT2D eigenvalue weighted by atomic mass is 32.2. The minimum Gasteiger partial charge on any atom is -0.399 e. The zero-order valence-electron chi connectivity index (χ0n) is 11.3. The molecule has 0 unspecified atom stereocenters. The lowest BCUT2D eigenvalue weighted by molar-refractivity contribution is 0.483. The highest BCUT2D eigenvalue weighted by Gasteiger charge is 2.14. The molecule has 0 amide bonds. The molecule has 0 atom stereocenters. The summed E-state index contributed by atoms with van der Waals surface area (Å²) in [6, 6.07) is 12.1. The van der Waals surface area contributed by atoms with Crippen LogP contribution < -0.4 is 5.73 Å². The topological polar surface area (TPSA) is 93.3 Å². The van der Waals surface area contributed by atoms with Gasteiger partial charge in [0.25, 0.3) is 10.1 Å². The van der Waals surface area contributed by atoms with Crippen molar-refractivity contribution in [3.8, 4) is 0 Å². The predicted octanol–water partition coefficient (Wildman–Crippen LogP) is 3.30. The van der Waals surface area contributed by atoms with E-state index in [1.165, 1.54) is 17.4 Å². The fourth-order valence-electron chi connectivity index (χ4n) is 2.03. The molecule has 3 aromatic rings. The average molecular weight is 332 g/mol. The van der Waals surface area contributed by atoms with Crippen LogP contribution in [-0.2, 0) is 10.1 Å². The summed E-state index contributed by atoms with van der Waals surface area (Å²) in [7, 11) is -4.33. The van der Waals surface area contributed by atoms with Crippen molar-refractivity contribution >= 4 is 49.5 Å². The number of nitrogens with two attached hydrogens (primary N) is 1. The summed E-state index contributed by atoms with van der Waals surface area (Å²) >= 11 is 1.50. The first kappa shape index (κ1) is 14.7. The van der Waals surface area contributed by atoms with Crippen LogP contribution in [0, 0.1) is 0 Å². The van der Waals surface area contributed by atoms with E-state index in [2.05, 4.69) is 4.98 Å². The number of para-hydroxylation sites is 1. The van der Waals surface area contributed by atoms with Crippen LogP contribution in [0.1, 0.15) is 10.6 Å². The molecule has 112 valence electrons. The molecule has 0 saturated heterocycles. The van der Waals surface area contributed by atoms with Gasteiger partial charge in [-0.25, -0.2) is 4.98 Å². The highest BCUT2D eigenvalue weighted by molar-refractivity contribution is 7.86. The number of thiazole rings is 1. The van der Waals surface area contributed by atoms with Gasteiger partial charge < -0.3 is 5.73 Å². The van der Waals surface area contributed by atoms with Crippen LogP contribution in [0.4, 0.5) is 5.69 Å². The second-order valence-electron chi connectivity index (χ2n) is 4.63. The predicted molar refractivity (Wildman–Crippen MR) is 89.2 cm³/mol. The summed E-state index contributed by atoms with van der Waals surface area (Å²) in [5.74, 6) is 0. The molecule has 3 rings (SSSR count). The molecule has 1 heterocycles. The van der Waals surface area contributed by atoms with Crippen molar-refractivity contribution in [2.75, 3.05) is 5.73 Å². The number of hydrogen-bond acceptors (Lipinski definition) is 5. The number of nitrogens with zero attached hydrogens (tertiary/aromatic N) is 1. The van der Waals surface area contributed by atoms with E-state index in [0.717, 1.165) is 15.2 Å². The van der Waals surface area contributed by atoms with E-state index < -0.39 is 10.1 Å². The quantitative estimate of drug-likeness (QED) is 0.567. The molecular weight excluding hydrogens is 320 g/mol. The van der Waals surface area contributed by atoms with Crippen molar-refractivity contribution in [2.45, 2.75) is 4.90 Å². The molecule has 22 heavy (non-hydrogen) atoms. The smallest absolute Gasteiger partial charge is 0.295 e. The number of rotatable bonds is 3. The molecule has 0 aliphatic rings. The van der Waals surface area contributed by atoms with Gasteiger partial charge in [-0.1, -0.05) is 24.3 Å². The first-order valence-corrected chi connectivity index (χ1v) is 8.60. The minimum absolute atomic E-state index is 0.218. The van der Waals surface area contributed by atoms with E-state index in [1.54, 1.807) is 24.3 Å². The molecule has 0 aliphatic carbocycles.